The van der Waals surface area contributed by atoms with Crippen LogP contribution in [-0.2, 0) is 0 Å². The molecule has 1 aliphatic rings. The number of anilines is 1. The highest BCUT2D eigenvalue weighted by Crippen LogP contribution is 2.15. The molecule has 1 aromatic carbocycles. The SMILES string of the molecule is CC(C)N1CCN(C(=O)Nc2ccccc2C#N)CC1. The van der Waals surface area contributed by atoms with Crippen molar-refractivity contribution in [2.45, 2.75) is 19.9 Å². The molecule has 1 saturated heterocycles. The molecule has 1 aromatic rings. The molecule has 1 fully saturated rings. The summed E-state index contributed by atoms with van der Waals surface area (Å²) >= 11 is 0. The molecule has 0 radical (unpaired) electrons. The number of para-hydroxylation sites is 1. The van der Waals surface area contributed by atoms with Crippen LogP contribution in [0.1, 0.15) is 19.4 Å². The van der Waals surface area contributed by atoms with Crippen molar-refractivity contribution in [3.8, 4) is 6.07 Å². The van der Waals surface area contributed by atoms with Gasteiger partial charge in [-0.2, -0.15) is 5.26 Å². The second-order valence-corrected chi connectivity index (χ2v) is 5.20. The number of carbonyl (C=O) groups excluding carboxylic acids is 1. The molecule has 106 valence electrons. The first-order chi connectivity index (χ1) is 9.61. The van der Waals surface area contributed by atoms with E-state index in [0.29, 0.717) is 17.3 Å². The number of amides is 2. The molecular weight excluding hydrogens is 252 g/mol. The number of rotatable bonds is 2. The summed E-state index contributed by atoms with van der Waals surface area (Å²) in [4.78, 5) is 16.4. The average Bonchev–Trinajstić information content (AvgIpc) is 2.48. The lowest BCUT2D eigenvalue weighted by Gasteiger charge is -2.36. The van der Waals surface area contributed by atoms with Gasteiger partial charge in [0.05, 0.1) is 11.3 Å². The molecule has 1 heterocycles. The van der Waals surface area contributed by atoms with Gasteiger partial charge in [0.1, 0.15) is 6.07 Å². The Labute approximate surface area is 119 Å². The second-order valence-electron chi connectivity index (χ2n) is 5.20. The number of nitrogens with zero attached hydrogens (tertiary/aromatic N) is 3. The van der Waals surface area contributed by atoms with Gasteiger partial charge in [0.2, 0.25) is 0 Å². The highest BCUT2D eigenvalue weighted by Gasteiger charge is 2.22. The molecule has 1 aliphatic heterocycles. The van der Waals surface area contributed by atoms with Crippen LogP contribution in [0.3, 0.4) is 0 Å². The minimum atomic E-state index is -0.129. The van der Waals surface area contributed by atoms with Crippen molar-refractivity contribution in [2.75, 3.05) is 31.5 Å². The van der Waals surface area contributed by atoms with Crippen LogP contribution in [0.5, 0.6) is 0 Å². The number of carbonyl (C=O) groups is 1. The van der Waals surface area contributed by atoms with E-state index >= 15 is 0 Å². The molecule has 0 atom stereocenters. The first kappa shape index (κ1) is 14.4. The summed E-state index contributed by atoms with van der Waals surface area (Å²) in [6.45, 7) is 7.56. The van der Waals surface area contributed by atoms with Crippen LogP contribution < -0.4 is 5.32 Å². The number of hydrogen-bond donors (Lipinski definition) is 1. The lowest BCUT2D eigenvalue weighted by molar-refractivity contribution is 0.125. The van der Waals surface area contributed by atoms with E-state index in [1.54, 1.807) is 23.1 Å². The molecule has 0 saturated carbocycles. The number of benzene rings is 1. The molecule has 2 rings (SSSR count). The normalized spacial score (nSPS) is 16.0. The number of nitrogens with one attached hydrogen (secondary N) is 1. The predicted molar refractivity (Wildman–Crippen MR) is 78.5 cm³/mol. The Hall–Kier alpha value is -2.06. The summed E-state index contributed by atoms with van der Waals surface area (Å²) in [6, 6.07) is 9.52. The fourth-order valence-electron chi connectivity index (χ4n) is 2.33. The quantitative estimate of drug-likeness (QED) is 0.897. The predicted octanol–water partition coefficient (Wildman–Crippen LogP) is 2.12. The lowest BCUT2D eigenvalue weighted by atomic mass is 10.2. The van der Waals surface area contributed by atoms with Gasteiger partial charge in [0, 0.05) is 32.2 Å². The summed E-state index contributed by atoms with van der Waals surface area (Å²) in [5.41, 5.74) is 1.06. The van der Waals surface area contributed by atoms with Crippen LogP contribution >= 0.6 is 0 Å². The number of piperazine rings is 1. The van der Waals surface area contributed by atoms with Crippen LogP contribution in [0.25, 0.3) is 0 Å². The largest absolute Gasteiger partial charge is 0.322 e. The smallest absolute Gasteiger partial charge is 0.321 e. The molecule has 2 amide bonds. The third kappa shape index (κ3) is 3.28. The minimum absolute atomic E-state index is 0.129. The van der Waals surface area contributed by atoms with Crippen molar-refractivity contribution in [1.29, 1.82) is 5.26 Å². The van der Waals surface area contributed by atoms with Crippen LogP contribution in [0.15, 0.2) is 24.3 Å². The van der Waals surface area contributed by atoms with Gasteiger partial charge in [-0.3, -0.25) is 4.90 Å². The van der Waals surface area contributed by atoms with Gasteiger partial charge in [0.25, 0.3) is 0 Å². The van der Waals surface area contributed by atoms with Crippen LogP contribution in [0, 0.1) is 11.3 Å². The van der Waals surface area contributed by atoms with E-state index < -0.39 is 0 Å². The van der Waals surface area contributed by atoms with Crippen molar-refractivity contribution in [1.82, 2.24) is 9.80 Å². The van der Waals surface area contributed by atoms with E-state index in [-0.39, 0.29) is 6.03 Å². The van der Waals surface area contributed by atoms with E-state index in [4.69, 9.17) is 5.26 Å². The van der Waals surface area contributed by atoms with Crippen LogP contribution in [-0.4, -0.2) is 48.1 Å². The molecular formula is C15H20N4O. The van der Waals surface area contributed by atoms with Gasteiger partial charge in [-0.05, 0) is 26.0 Å². The van der Waals surface area contributed by atoms with Gasteiger partial charge in [0.15, 0.2) is 0 Å². The molecule has 0 aliphatic carbocycles. The summed E-state index contributed by atoms with van der Waals surface area (Å²) < 4.78 is 0. The fraction of sp³-hybridized carbons (Fsp3) is 0.467. The zero-order valence-electron chi connectivity index (χ0n) is 12.0. The number of urea groups is 1. The van der Waals surface area contributed by atoms with E-state index in [1.807, 2.05) is 6.07 Å². The second kappa shape index (κ2) is 6.40. The number of hydrogen-bond acceptors (Lipinski definition) is 3. The maximum atomic E-state index is 12.2. The van der Waals surface area contributed by atoms with E-state index in [9.17, 15) is 4.79 Å². The van der Waals surface area contributed by atoms with E-state index in [0.717, 1.165) is 26.2 Å². The van der Waals surface area contributed by atoms with Crippen molar-refractivity contribution < 1.29 is 4.79 Å². The lowest BCUT2D eigenvalue weighted by Crippen LogP contribution is -2.51. The highest BCUT2D eigenvalue weighted by atomic mass is 16.2. The number of nitriles is 1. The van der Waals surface area contributed by atoms with Crippen molar-refractivity contribution >= 4 is 11.7 Å². The Morgan fingerprint density at radius 2 is 1.90 bits per heavy atom. The Bertz CT molecular complexity index is 513. The summed E-state index contributed by atoms with van der Waals surface area (Å²) in [5.74, 6) is 0. The van der Waals surface area contributed by atoms with Gasteiger partial charge in [-0.25, -0.2) is 4.79 Å². The highest BCUT2D eigenvalue weighted by molar-refractivity contribution is 5.90. The topological polar surface area (TPSA) is 59.4 Å². The monoisotopic (exact) mass is 272 g/mol. The van der Waals surface area contributed by atoms with Crippen LogP contribution in [0.4, 0.5) is 10.5 Å². The summed E-state index contributed by atoms with van der Waals surface area (Å²) in [7, 11) is 0. The van der Waals surface area contributed by atoms with E-state index in [2.05, 4.69) is 30.1 Å². The Balaban J connectivity index is 1.95. The zero-order valence-corrected chi connectivity index (χ0v) is 12.0. The van der Waals surface area contributed by atoms with Gasteiger partial charge in [-0.1, -0.05) is 12.1 Å². The summed E-state index contributed by atoms with van der Waals surface area (Å²) in [5, 5.41) is 11.8. The summed E-state index contributed by atoms with van der Waals surface area (Å²) in [6.07, 6.45) is 0. The molecule has 0 spiro atoms. The van der Waals surface area contributed by atoms with Crippen LogP contribution in [0.2, 0.25) is 0 Å². The Kier molecular flexibility index (Phi) is 4.59. The molecule has 0 aromatic heterocycles. The Morgan fingerprint density at radius 3 is 2.50 bits per heavy atom. The molecule has 1 N–H and O–H groups in total. The first-order valence-electron chi connectivity index (χ1n) is 6.91. The molecule has 0 unspecified atom stereocenters. The van der Waals surface area contributed by atoms with Crippen molar-refractivity contribution in [2.24, 2.45) is 0 Å². The molecule has 20 heavy (non-hydrogen) atoms. The van der Waals surface area contributed by atoms with E-state index in [1.165, 1.54) is 0 Å². The maximum Gasteiger partial charge on any atom is 0.321 e. The molecule has 5 heteroatoms. The first-order valence-corrected chi connectivity index (χ1v) is 6.91. The third-order valence-corrected chi connectivity index (χ3v) is 3.62. The Morgan fingerprint density at radius 1 is 1.25 bits per heavy atom. The fourth-order valence-corrected chi connectivity index (χ4v) is 2.33. The van der Waals surface area contributed by atoms with Gasteiger partial charge < -0.3 is 10.2 Å². The third-order valence-electron chi connectivity index (χ3n) is 3.62. The molecule has 0 bridgehead atoms. The average molecular weight is 272 g/mol. The van der Waals surface area contributed by atoms with Crippen molar-refractivity contribution in [3.63, 3.8) is 0 Å². The maximum absolute atomic E-state index is 12.2. The van der Waals surface area contributed by atoms with Gasteiger partial charge in [-0.15, -0.1) is 0 Å². The van der Waals surface area contributed by atoms with Crippen molar-refractivity contribution in [3.05, 3.63) is 29.8 Å². The van der Waals surface area contributed by atoms with Gasteiger partial charge >= 0.3 is 6.03 Å². The minimum Gasteiger partial charge on any atom is -0.322 e. The molecule has 5 nitrogen and oxygen atoms in total. The zero-order chi connectivity index (χ0) is 14.5. The standard InChI is InChI=1S/C15H20N4O/c1-12(2)18-7-9-19(10-8-18)15(20)17-14-6-4-3-5-13(14)11-16/h3-6,12H,7-10H2,1-2H3,(H,17,20).